The van der Waals surface area contributed by atoms with Gasteiger partial charge >= 0.3 is 0 Å². The number of benzene rings is 2. The Bertz CT molecular complexity index is 981. The Morgan fingerprint density at radius 3 is 2.62 bits per heavy atom. The molecule has 0 spiro atoms. The van der Waals surface area contributed by atoms with Gasteiger partial charge in [0.2, 0.25) is 0 Å². The number of aromatic nitrogens is 1. The number of halogens is 2. The van der Waals surface area contributed by atoms with Gasteiger partial charge in [-0.3, -0.25) is 19.6 Å². The maximum absolute atomic E-state index is 13.1. The second kappa shape index (κ2) is 6.39. The van der Waals surface area contributed by atoms with E-state index in [0.29, 0.717) is 32.7 Å². The molecule has 24 heavy (non-hydrogen) atoms. The lowest BCUT2D eigenvalue weighted by molar-refractivity contribution is 0.0954. The topological polar surface area (TPSA) is 77.1 Å². The van der Waals surface area contributed by atoms with Crippen molar-refractivity contribution in [2.45, 2.75) is 6.92 Å². The summed E-state index contributed by atoms with van der Waals surface area (Å²) in [6.07, 6.45) is 0. The van der Waals surface area contributed by atoms with Gasteiger partial charge in [-0.2, -0.15) is 0 Å². The highest BCUT2D eigenvalue weighted by Crippen LogP contribution is 2.29. The molecule has 0 bridgehead atoms. The third-order valence-corrected chi connectivity index (χ3v) is 4.65. The fourth-order valence-corrected chi connectivity index (χ4v) is 3.33. The van der Waals surface area contributed by atoms with E-state index in [4.69, 9.17) is 17.4 Å². The van der Waals surface area contributed by atoms with Crippen LogP contribution in [0, 0.1) is 6.92 Å². The number of hydrogen-bond acceptors (Lipinski definition) is 3. The van der Waals surface area contributed by atoms with Crippen molar-refractivity contribution >= 4 is 50.2 Å². The van der Waals surface area contributed by atoms with E-state index in [1.54, 1.807) is 49.4 Å². The molecule has 7 heteroatoms. The normalized spacial score (nSPS) is 10.8. The minimum absolute atomic E-state index is 0.314. The average Bonchev–Trinajstić information content (AvgIpc) is 2.87. The number of nitrogen functional groups attached to an aromatic ring is 1. The monoisotopic (exact) mass is 405 g/mol. The number of nitrogens with two attached hydrogens (primary N) is 1. The fourth-order valence-electron chi connectivity index (χ4n) is 2.77. The van der Waals surface area contributed by atoms with Crippen molar-refractivity contribution in [2.24, 2.45) is 5.84 Å². The zero-order valence-electron chi connectivity index (χ0n) is 12.6. The number of hydrazine groups is 1. The third kappa shape index (κ3) is 2.62. The maximum Gasteiger partial charge on any atom is 0.267 e. The van der Waals surface area contributed by atoms with Crippen molar-refractivity contribution in [2.75, 3.05) is 0 Å². The number of carbonyl (C=O) groups is 2. The van der Waals surface area contributed by atoms with Crippen molar-refractivity contribution in [1.82, 2.24) is 9.99 Å². The van der Waals surface area contributed by atoms with E-state index < -0.39 is 5.91 Å². The molecule has 3 aromatic rings. The highest BCUT2D eigenvalue weighted by atomic mass is 79.9. The van der Waals surface area contributed by atoms with Gasteiger partial charge in [-0.15, -0.1) is 0 Å². The Morgan fingerprint density at radius 2 is 1.92 bits per heavy atom. The van der Waals surface area contributed by atoms with E-state index in [2.05, 4.69) is 21.4 Å². The van der Waals surface area contributed by atoms with Crippen molar-refractivity contribution < 1.29 is 9.59 Å². The first kappa shape index (κ1) is 16.7. The lowest BCUT2D eigenvalue weighted by atomic mass is 10.1. The Labute approximate surface area is 151 Å². The number of amides is 1. The fraction of sp³-hybridized carbons (Fsp3) is 0.0588. The average molecular weight is 407 g/mol. The number of fused-ring (bicyclic) bond motifs is 1. The summed E-state index contributed by atoms with van der Waals surface area (Å²) in [5.74, 6) is 4.52. The maximum atomic E-state index is 13.1. The van der Waals surface area contributed by atoms with Gasteiger partial charge in [0.1, 0.15) is 0 Å². The SMILES string of the molecule is Cc1c(C(=O)NN)c2ccccc2n1C(=O)c1cc(Br)ccc1Cl. The summed E-state index contributed by atoms with van der Waals surface area (Å²) in [6.45, 7) is 1.70. The first-order chi connectivity index (χ1) is 11.5. The zero-order valence-corrected chi connectivity index (χ0v) is 15.0. The van der Waals surface area contributed by atoms with Crippen LogP contribution in [0.15, 0.2) is 46.9 Å². The van der Waals surface area contributed by atoms with Crippen LogP contribution in [-0.4, -0.2) is 16.4 Å². The molecular formula is C17H13BrClN3O2. The van der Waals surface area contributed by atoms with Gasteiger partial charge in [0.05, 0.1) is 21.7 Å². The molecule has 0 saturated heterocycles. The van der Waals surface area contributed by atoms with Crippen LogP contribution in [-0.2, 0) is 0 Å². The first-order valence-corrected chi connectivity index (χ1v) is 8.23. The Hall–Kier alpha value is -2.15. The van der Waals surface area contributed by atoms with Crippen molar-refractivity contribution in [3.63, 3.8) is 0 Å². The number of nitrogens with zero attached hydrogens (tertiary/aromatic N) is 1. The van der Waals surface area contributed by atoms with Crippen molar-refractivity contribution in [1.29, 1.82) is 0 Å². The second-order valence-corrected chi connectivity index (χ2v) is 6.54. The van der Waals surface area contributed by atoms with Crippen LogP contribution < -0.4 is 11.3 Å². The van der Waals surface area contributed by atoms with E-state index in [1.165, 1.54) is 4.57 Å². The molecule has 0 atom stereocenters. The van der Waals surface area contributed by atoms with Crippen LogP contribution in [0.5, 0.6) is 0 Å². The smallest absolute Gasteiger partial charge is 0.267 e. The van der Waals surface area contributed by atoms with Crippen LogP contribution >= 0.6 is 27.5 Å². The highest BCUT2D eigenvalue weighted by Gasteiger charge is 2.24. The summed E-state index contributed by atoms with van der Waals surface area (Å²) >= 11 is 9.53. The lowest BCUT2D eigenvalue weighted by Gasteiger charge is -2.09. The molecule has 5 nitrogen and oxygen atoms in total. The Balaban J connectivity index is 2.30. The van der Waals surface area contributed by atoms with E-state index >= 15 is 0 Å². The molecule has 3 N–H and O–H groups in total. The van der Waals surface area contributed by atoms with Crippen molar-refractivity contribution in [3.05, 3.63) is 68.8 Å². The summed E-state index contributed by atoms with van der Waals surface area (Å²) in [5, 5.41) is 0.989. The number of para-hydroxylation sites is 1. The van der Waals surface area contributed by atoms with E-state index in [0.717, 1.165) is 4.47 Å². The van der Waals surface area contributed by atoms with Crippen LogP contribution in [0.3, 0.4) is 0 Å². The molecular weight excluding hydrogens is 394 g/mol. The van der Waals surface area contributed by atoms with Crippen LogP contribution in [0.1, 0.15) is 26.4 Å². The van der Waals surface area contributed by atoms with E-state index in [-0.39, 0.29) is 5.91 Å². The molecule has 0 aliphatic carbocycles. The van der Waals surface area contributed by atoms with Gasteiger partial charge in [0.25, 0.3) is 11.8 Å². The van der Waals surface area contributed by atoms with Gasteiger partial charge in [-0.25, -0.2) is 5.84 Å². The highest BCUT2D eigenvalue weighted by molar-refractivity contribution is 9.10. The number of rotatable bonds is 2. The van der Waals surface area contributed by atoms with Gasteiger partial charge in [-0.05, 0) is 31.2 Å². The standard InChI is InChI=1S/C17H13BrClN3O2/c1-9-15(16(23)21-20)11-4-2-3-5-14(11)22(9)17(24)12-8-10(18)6-7-13(12)19/h2-8H,20H2,1H3,(H,21,23). The van der Waals surface area contributed by atoms with Crippen molar-refractivity contribution in [3.8, 4) is 0 Å². The van der Waals surface area contributed by atoms with Gasteiger partial charge in [-0.1, -0.05) is 45.7 Å². The zero-order chi connectivity index (χ0) is 17.4. The van der Waals surface area contributed by atoms with Gasteiger partial charge in [0.15, 0.2) is 0 Å². The van der Waals surface area contributed by atoms with Gasteiger partial charge < -0.3 is 0 Å². The predicted octanol–water partition coefficient (Wildman–Crippen LogP) is 3.66. The molecule has 0 unspecified atom stereocenters. The molecule has 0 aliphatic heterocycles. The van der Waals surface area contributed by atoms with Gasteiger partial charge in [0, 0.05) is 15.6 Å². The largest absolute Gasteiger partial charge is 0.290 e. The number of nitrogens with one attached hydrogen (secondary N) is 1. The molecule has 1 heterocycles. The molecule has 0 saturated carbocycles. The first-order valence-electron chi connectivity index (χ1n) is 7.06. The van der Waals surface area contributed by atoms with E-state index in [1.807, 2.05) is 0 Å². The summed E-state index contributed by atoms with van der Waals surface area (Å²) in [7, 11) is 0. The number of hydrogen-bond donors (Lipinski definition) is 2. The molecule has 1 aromatic heterocycles. The minimum Gasteiger partial charge on any atom is -0.290 e. The molecule has 1 amide bonds. The van der Waals surface area contributed by atoms with Crippen LogP contribution in [0.4, 0.5) is 0 Å². The Kier molecular flexibility index (Phi) is 4.45. The molecule has 0 fully saturated rings. The predicted molar refractivity (Wildman–Crippen MR) is 97.2 cm³/mol. The number of carbonyl (C=O) groups excluding carboxylic acids is 2. The molecule has 3 rings (SSSR count). The summed E-state index contributed by atoms with van der Waals surface area (Å²) < 4.78 is 2.22. The van der Waals surface area contributed by atoms with Crippen LogP contribution in [0.25, 0.3) is 10.9 Å². The second-order valence-electron chi connectivity index (χ2n) is 5.22. The molecule has 0 radical (unpaired) electrons. The molecule has 122 valence electrons. The molecule has 0 aliphatic rings. The molecule has 2 aromatic carbocycles. The summed E-state index contributed by atoms with van der Waals surface area (Å²) in [4.78, 5) is 25.2. The minimum atomic E-state index is -0.449. The summed E-state index contributed by atoms with van der Waals surface area (Å²) in [5.41, 5.74) is 3.96. The Morgan fingerprint density at radius 1 is 1.21 bits per heavy atom. The quantitative estimate of drug-likeness (QED) is 0.387. The van der Waals surface area contributed by atoms with Crippen LogP contribution in [0.2, 0.25) is 5.02 Å². The lowest BCUT2D eigenvalue weighted by Crippen LogP contribution is -2.30. The van der Waals surface area contributed by atoms with E-state index in [9.17, 15) is 9.59 Å². The third-order valence-electron chi connectivity index (χ3n) is 3.83. The summed E-state index contributed by atoms with van der Waals surface area (Å²) in [6, 6.07) is 12.2.